The summed E-state index contributed by atoms with van der Waals surface area (Å²) >= 11 is 0. The Labute approximate surface area is 62.8 Å². The lowest BCUT2D eigenvalue weighted by Gasteiger charge is -2.36. The molecule has 0 saturated heterocycles. The summed E-state index contributed by atoms with van der Waals surface area (Å²) in [4.78, 5) is 0. The molecule has 0 aliphatic heterocycles. The van der Waals surface area contributed by atoms with Crippen molar-refractivity contribution in [1.29, 1.82) is 0 Å². The van der Waals surface area contributed by atoms with Crippen molar-refractivity contribution in [2.45, 2.75) is 52.1 Å². The van der Waals surface area contributed by atoms with E-state index in [4.69, 9.17) is 0 Å². The van der Waals surface area contributed by atoms with Gasteiger partial charge in [0.15, 0.2) is 0 Å². The first-order valence-corrected chi connectivity index (χ1v) is 4.10. The Morgan fingerprint density at radius 2 is 1.30 bits per heavy atom. The second-order valence-corrected chi connectivity index (χ2v) is 4.58. The molecule has 10 heavy (non-hydrogen) atoms. The Balaban J connectivity index is 2.46. The summed E-state index contributed by atoms with van der Waals surface area (Å²) in [5, 5.41) is 0. The summed E-state index contributed by atoms with van der Waals surface area (Å²) in [5.74, 6) is 0. The largest absolute Gasteiger partial charge is 0.244 e. The van der Waals surface area contributed by atoms with Crippen LogP contribution in [-0.2, 0) is 0 Å². The molecule has 0 nitrogen and oxygen atoms in total. The molecule has 1 rings (SSSR count). The van der Waals surface area contributed by atoms with Crippen LogP contribution in [-0.4, -0.2) is 5.67 Å². The SMILES string of the molecule is CC1(C)CCC(C)(F)CC1. The second-order valence-electron chi connectivity index (χ2n) is 4.58. The highest BCUT2D eigenvalue weighted by Gasteiger charge is 2.34. The highest BCUT2D eigenvalue weighted by molar-refractivity contribution is 4.85. The number of hydrogen-bond donors (Lipinski definition) is 0. The Hall–Kier alpha value is -0.0700. The van der Waals surface area contributed by atoms with Gasteiger partial charge >= 0.3 is 0 Å². The molecule has 0 N–H and O–H groups in total. The number of hydrogen-bond acceptors (Lipinski definition) is 0. The zero-order valence-corrected chi connectivity index (χ0v) is 7.21. The van der Waals surface area contributed by atoms with Crippen LogP contribution in [0.4, 0.5) is 4.39 Å². The molecular formula is C9H17F. The minimum absolute atomic E-state index is 0.394. The van der Waals surface area contributed by atoms with Gasteiger partial charge in [-0.15, -0.1) is 0 Å². The lowest BCUT2D eigenvalue weighted by molar-refractivity contribution is 0.0708. The Bertz CT molecular complexity index is 96.7. The number of alkyl halides is 1. The first kappa shape index (κ1) is 8.03. The van der Waals surface area contributed by atoms with E-state index in [0.717, 1.165) is 25.7 Å². The maximum atomic E-state index is 13.2. The van der Waals surface area contributed by atoms with Crippen LogP contribution in [0.1, 0.15) is 46.5 Å². The van der Waals surface area contributed by atoms with Gasteiger partial charge in [-0.1, -0.05) is 13.8 Å². The maximum absolute atomic E-state index is 13.2. The summed E-state index contributed by atoms with van der Waals surface area (Å²) in [7, 11) is 0. The Morgan fingerprint density at radius 3 is 1.60 bits per heavy atom. The predicted molar refractivity (Wildman–Crippen MR) is 41.8 cm³/mol. The third-order valence-electron chi connectivity index (χ3n) is 2.65. The van der Waals surface area contributed by atoms with Gasteiger partial charge < -0.3 is 0 Å². The van der Waals surface area contributed by atoms with Gasteiger partial charge in [0.1, 0.15) is 5.67 Å². The molecule has 0 aromatic heterocycles. The third kappa shape index (κ3) is 1.96. The predicted octanol–water partition coefficient (Wildman–Crippen LogP) is 3.31. The lowest BCUT2D eigenvalue weighted by Crippen LogP contribution is -2.30. The van der Waals surface area contributed by atoms with Crippen LogP contribution in [0.15, 0.2) is 0 Å². The molecule has 1 saturated carbocycles. The quantitative estimate of drug-likeness (QED) is 0.489. The molecule has 0 atom stereocenters. The molecular weight excluding hydrogens is 127 g/mol. The standard InChI is InChI=1S/C9H17F/c1-8(2)4-6-9(3,10)7-5-8/h4-7H2,1-3H3. The third-order valence-corrected chi connectivity index (χ3v) is 2.65. The van der Waals surface area contributed by atoms with Crippen molar-refractivity contribution in [2.24, 2.45) is 5.41 Å². The fourth-order valence-corrected chi connectivity index (χ4v) is 1.45. The Morgan fingerprint density at radius 1 is 0.900 bits per heavy atom. The summed E-state index contributed by atoms with van der Waals surface area (Å²) in [5.41, 5.74) is -0.471. The molecule has 1 aliphatic carbocycles. The monoisotopic (exact) mass is 144 g/mol. The van der Waals surface area contributed by atoms with Crippen molar-refractivity contribution in [1.82, 2.24) is 0 Å². The highest BCUT2D eigenvalue weighted by atomic mass is 19.1. The van der Waals surface area contributed by atoms with Gasteiger partial charge in [-0.3, -0.25) is 0 Å². The first-order chi connectivity index (χ1) is 4.41. The zero-order valence-electron chi connectivity index (χ0n) is 7.21. The van der Waals surface area contributed by atoms with Crippen molar-refractivity contribution in [3.63, 3.8) is 0 Å². The van der Waals surface area contributed by atoms with E-state index in [0.29, 0.717) is 5.41 Å². The molecule has 0 amide bonds. The van der Waals surface area contributed by atoms with Crippen LogP contribution < -0.4 is 0 Å². The fraction of sp³-hybridized carbons (Fsp3) is 1.00. The first-order valence-electron chi connectivity index (χ1n) is 4.10. The van der Waals surface area contributed by atoms with Crippen LogP contribution in [0, 0.1) is 5.41 Å². The molecule has 0 radical (unpaired) electrons. The number of rotatable bonds is 0. The Kier molecular flexibility index (Phi) is 1.78. The van der Waals surface area contributed by atoms with E-state index in [1.54, 1.807) is 6.92 Å². The van der Waals surface area contributed by atoms with Crippen molar-refractivity contribution < 1.29 is 4.39 Å². The van der Waals surface area contributed by atoms with Crippen molar-refractivity contribution in [3.8, 4) is 0 Å². The molecule has 1 fully saturated rings. The number of halogens is 1. The lowest BCUT2D eigenvalue weighted by atomic mass is 9.72. The van der Waals surface area contributed by atoms with Gasteiger partial charge in [0.2, 0.25) is 0 Å². The molecule has 0 aromatic carbocycles. The molecule has 1 heteroatoms. The zero-order chi connectivity index (χ0) is 7.83. The molecule has 0 bridgehead atoms. The molecule has 0 aromatic rings. The molecule has 0 unspecified atom stereocenters. The average Bonchev–Trinajstić information content (AvgIpc) is 1.79. The van der Waals surface area contributed by atoms with Gasteiger partial charge in [-0.25, -0.2) is 4.39 Å². The van der Waals surface area contributed by atoms with Crippen LogP contribution in [0.5, 0.6) is 0 Å². The van der Waals surface area contributed by atoms with E-state index >= 15 is 0 Å². The van der Waals surface area contributed by atoms with Gasteiger partial charge in [0.25, 0.3) is 0 Å². The van der Waals surface area contributed by atoms with Gasteiger partial charge in [-0.2, -0.15) is 0 Å². The van der Waals surface area contributed by atoms with E-state index in [2.05, 4.69) is 13.8 Å². The minimum atomic E-state index is -0.866. The molecule has 0 heterocycles. The van der Waals surface area contributed by atoms with Gasteiger partial charge in [0.05, 0.1) is 0 Å². The normalized spacial score (nSPS) is 30.0. The van der Waals surface area contributed by atoms with Crippen LogP contribution in [0.25, 0.3) is 0 Å². The minimum Gasteiger partial charge on any atom is -0.244 e. The topological polar surface area (TPSA) is 0 Å². The second kappa shape index (κ2) is 2.21. The summed E-state index contributed by atoms with van der Waals surface area (Å²) in [6.07, 6.45) is 3.58. The van der Waals surface area contributed by atoms with E-state index in [1.165, 1.54) is 0 Å². The molecule has 60 valence electrons. The van der Waals surface area contributed by atoms with E-state index in [9.17, 15) is 4.39 Å². The highest BCUT2D eigenvalue weighted by Crippen LogP contribution is 2.41. The van der Waals surface area contributed by atoms with Crippen molar-refractivity contribution >= 4 is 0 Å². The molecule has 1 aliphatic rings. The fourth-order valence-electron chi connectivity index (χ4n) is 1.45. The average molecular weight is 144 g/mol. The van der Waals surface area contributed by atoms with E-state index < -0.39 is 5.67 Å². The van der Waals surface area contributed by atoms with Crippen molar-refractivity contribution in [2.75, 3.05) is 0 Å². The van der Waals surface area contributed by atoms with Crippen molar-refractivity contribution in [3.05, 3.63) is 0 Å². The van der Waals surface area contributed by atoms with Gasteiger partial charge in [0, 0.05) is 0 Å². The van der Waals surface area contributed by atoms with Crippen LogP contribution in [0.3, 0.4) is 0 Å². The van der Waals surface area contributed by atoms with E-state index in [-0.39, 0.29) is 0 Å². The van der Waals surface area contributed by atoms with Crippen LogP contribution in [0.2, 0.25) is 0 Å². The van der Waals surface area contributed by atoms with Gasteiger partial charge in [-0.05, 0) is 38.0 Å². The molecule has 0 spiro atoms. The summed E-state index contributed by atoms with van der Waals surface area (Å²) < 4.78 is 13.2. The van der Waals surface area contributed by atoms with E-state index in [1.807, 2.05) is 0 Å². The summed E-state index contributed by atoms with van der Waals surface area (Å²) in [6, 6.07) is 0. The summed E-state index contributed by atoms with van der Waals surface area (Å²) in [6.45, 7) is 6.17. The van der Waals surface area contributed by atoms with Crippen LogP contribution >= 0.6 is 0 Å². The maximum Gasteiger partial charge on any atom is 0.108 e. The smallest absolute Gasteiger partial charge is 0.108 e.